The summed E-state index contributed by atoms with van der Waals surface area (Å²) in [7, 11) is 0. The van der Waals surface area contributed by atoms with Gasteiger partial charge in [0.2, 0.25) is 0 Å². The predicted octanol–water partition coefficient (Wildman–Crippen LogP) is 0.604. The summed E-state index contributed by atoms with van der Waals surface area (Å²) in [5.41, 5.74) is 11.4. The van der Waals surface area contributed by atoms with Crippen LogP contribution >= 0.6 is 0 Å². The van der Waals surface area contributed by atoms with Crippen LogP contribution in [0.15, 0.2) is 34.3 Å². The van der Waals surface area contributed by atoms with Gasteiger partial charge in [0.05, 0.1) is 22.9 Å². The van der Waals surface area contributed by atoms with Crippen LogP contribution in [0.5, 0.6) is 0 Å². The van der Waals surface area contributed by atoms with E-state index in [0.717, 1.165) is 0 Å². The molecule has 4 unspecified atom stereocenters. The SMILES string of the molecule is CC12C=CC(C(N)=N1)C1(C)C=CC2C(N)=N1. The minimum absolute atomic E-state index is 0.0247. The van der Waals surface area contributed by atoms with Crippen molar-refractivity contribution < 1.29 is 0 Å². The van der Waals surface area contributed by atoms with Crippen molar-refractivity contribution in [1.82, 2.24) is 0 Å². The third kappa shape index (κ3) is 0.991. The molecular formula is C12H16N4. The number of hydrogen-bond acceptors (Lipinski definition) is 4. The lowest BCUT2D eigenvalue weighted by molar-refractivity contribution is 0.417. The zero-order chi connectivity index (χ0) is 11.6. The highest BCUT2D eigenvalue weighted by Crippen LogP contribution is 2.41. The molecule has 0 aromatic rings. The maximum Gasteiger partial charge on any atom is 0.105 e. The van der Waals surface area contributed by atoms with Gasteiger partial charge in [-0.25, -0.2) is 0 Å². The summed E-state index contributed by atoms with van der Waals surface area (Å²) in [6.07, 6.45) is 8.47. The summed E-state index contributed by atoms with van der Waals surface area (Å²) >= 11 is 0. The Kier molecular flexibility index (Phi) is 1.54. The summed E-state index contributed by atoms with van der Waals surface area (Å²) in [6.45, 7) is 4.08. The predicted molar refractivity (Wildman–Crippen MR) is 65.3 cm³/mol. The van der Waals surface area contributed by atoms with Gasteiger partial charge in [-0.3, -0.25) is 9.98 Å². The van der Waals surface area contributed by atoms with Gasteiger partial charge in [0.15, 0.2) is 0 Å². The van der Waals surface area contributed by atoms with E-state index in [2.05, 4.69) is 34.3 Å². The summed E-state index contributed by atoms with van der Waals surface area (Å²) in [5.74, 6) is 1.38. The lowest BCUT2D eigenvalue weighted by Gasteiger charge is -2.44. The lowest BCUT2D eigenvalue weighted by Crippen LogP contribution is -2.54. The molecule has 6 rings (SSSR count). The Balaban J connectivity index is 2.26. The van der Waals surface area contributed by atoms with Crippen LogP contribution < -0.4 is 11.5 Å². The van der Waals surface area contributed by atoms with Crippen LogP contribution in [0.4, 0.5) is 0 Å². The zero-order valence-corrected chi connectivity index (χ0v) is 9.51. The molecule has 0 amide bonds. The smallest absolute Gasteiger partial charge is 0.105 e. The Morgan fingerprint density at radius 1 is 0.938 bits per heavy atom. The molecule has 1 aliphatic carbocycles. The Labute approximate surface area is 94.8 Å². The van der Waals surface area contributed by atoms with E-state index in [0.29, 0.717) is 11.7 Å². The Bertz CT molecular complexity index is 429. The average Bonchev–Trinajstić information content (AvgIpc) is 2.14. The lowest BCUT2D eigenvalue weighted by atomic mass is 9.71. The van der Waals surface area contributed by atoms with Gasteiger partial charge in [0, 0.05) is 0 Å². The van der Waals surface area contributed by atoms with Crippen LogP contribution in [-0.4, -0.2) is 22.7 Å². The fourth-order valence-electron chi connectivity index (χ4n) is 2.88. The molecule has 4 atom stereocenters. The van der Waals surface area contributed by atoms with Crippen LogP contribution in [0.2, 0.25) is 0 Å². The van der Waals surface area contributed by atoms with E-state index in [9.17, 15) is 0 Å². The fourth-order valence-corrected chi connectivity index (χ4v) is 2.88. The van der Waals surface area contributed by atoms with Gasteiger partial charge in [-0.15, -0.1) is 0 Å². The number of aliphatic imine (C=N–C) groups is 2. The summed E-state index contributed by atoms with van der Waals surface area (Å²) in [5, 5.41) is 0. The number of nitrogens with two attached hydrogens (primary N) is 2. The molecule has 16 heavy (non-hydrogen) atoms. The number of hydrogen-bond donors (Lipinski definition) is 2. The van der Waals surface area contributed by atoms with Crippen LogP contribution in [-0.2, 0) is 0 Å². The summed E-state index contributed by atoms with van der Waals surface area (Å²) in [6, 6.07) is 0. The van der Waals surface area contributed by atoms with E-state index in [1.807, 2.05) is 13.8 Å². The zero-order valence-electron chi connectivity index (χ0n) is 9.51. The third-order valence-corrected chi connectivity index (χ3v) is 3.89. The van der Waals surface area contributed by atoms with Crippen LogP contribution in [0.1, 0.15) is 13.8 Å². The molecule has 6 aliphatic rings. The van der Waals surface area contributed by atoms with Gasteiger partial charge in [-0.2, -0.15) is 0 Å². The molecule has 4 bridgehead atoms. The Morgan fingerprint density at radius 3 is 1.62 bits per heavy atom. The highest BCUT2D eigenvalue weighted by molar-refractivity contribution is 5.94. The van der Waals surface area contributed by atoms with Crippen molar-refractivity contribution in [2.75, 3.05) is 0 Å². The molecule has 0 fully saturated rings. The van der Waals surface area contributed by atoms with E-state index < -0.39 is 0 Å². The first-order valence-corrected chi connectivity index (χ1v) is 5.54. The molecule has 0 saturated carbocycles. The number of nitrogens with zero attached hydrogens (tertiary/aromatic N) is 2. The normalized spacial score (nSPS) is 48.6. The standard InChI is InChI=1S/C12H16N4/c1-11-5-3-8(10(14)15-11)12(2)6-4-7(11)9(13)16-12/h3-8H,1-2H3,(H2,14,15)(H2,13,16). The van der Waals surface area contributed by atoms with Gasteiger partial charge in [0.25, 0.3) is 0 Å². The van der Waals surface area contributed by atoms with E-state index in [4.69, 9.17) is 11.5 Å². The van der Waals surface area contributed by atoms with Crippen molar-refractivity contribution in [1.29, 1.82) is 0 Å². The topological polar surface area (TPSA) is 76.8 Å². The van der Waals surface area contributed by atoms with E-state index in [-0.39, 0.29) is 22.9 Å². The molecule has 4 N–H and O–H groups in total. The molecule has 4 nitrogen and oxygen atoms in total. The highest BCUT2D eigenvalue weighted by Gasteiger charge is 2.47. The summed E-state index contributed by atoms with van der Waals surface area (Å²) < 4.78 is 0. The van der Waals surface area contributed by atoms with Crippen LogP contribution in [0, 0.1) is 11.8 Å². The molecule has 5 aliphatic heterocycles. The second-order valence-corrected chi connectivity index (χ2v) is 5.20. The van der Waals surface area contributed by atoms with E-state index >= 15 is 0 Å². The van der Waals surface area contributed by atoms with Gasteiger partial charge in [-0.1, -0.05) is 24.3 Å². The quantitative estimate of drug-likeness (QED) is 0.582. The van der Waals surface area contributed by atoms with Crippen molar-refractivity contribution in [3.63, 3.8) is 0 Å². The van der Waals surface area contributed by atoms with Crippen LogP contribution in [0.3, 0.4) is 0 Å². The van der Waals surface area contributed by atoms with Crippen molar-refractivity contribution in [2.45, 2.75) is 24.9 Å². The molecule has 5 heterocycles. The minimum atomic E-state index is -0.369. The molecule has 84 valence electrons. The van der Waals surface area contributed by atoms with Gasteiger partial charge in [-0.05, 0) is 13.8 Å². The highest BCUT2D eigenvalue weighted by atomic mass is 15.1. The van der Waals surface area contributed by atoms with E-state index in [1.165, 1.54) is 0 Å². The fraction of sp³-hybridized carbons (Fsp3) is 0.500. The molecule has 0 aromatic heterocycles. The summed E-state index contributed by atoms with van der Waals surface area (Å²) in [4.78, 5) is 9.22. The van der Waals surface area contributed by atoms with Gasteiger partial charge < -0.3 is 11.5 Å². The molecule has 0 spiro atoms. The van der Waals surface area contributed by atoms with Crippen LogP contribution in [0.25, 0.3) is 0 Å². The van der Waals surface area contributed by atoms with Gasteiger partial charge in [0.1, 0.15) is 11.7 Å². The molecular weight excluding hydrogens is 200 g/mol. The third-order valence-electron chi connectivity index (χ3n) is 3.89. The minimum Gasteiger partial charge on any atom is -0.387 e. The van der Waals surface area contributed by atoms with Gasteiger partial charge >= 0.3 is 0 Å². The molecule has 0 aromatic carbocycles. The van der Waals surface area contributed by atoms with Crippen molar-refractivity contribution in [3.05, 3.63) is 24.3 Å². The maximum absolute atomic E-state index is 6.05. The second kappa shape index (κ2) is 2.56. The largest absolute Gasteiger partial charge is 0.387 e. The number of rotatable bonds is 0. The number of amidine groups is 2. The van der Waals surface area contributed by atoms with Crippen molar-refractivity contribution in [2.24, 2.45) is 33.3 Å². The Hall–Kier alpha value is -1.58. The first kappa shape index (κ1) is 9.63. The van der Waals surface area contributed by atoms with Crippen molar-refractivity contribution >= 4 is 11.7 Å². The van der Waals surface area contributed by atoms with Crippen molar-refractivity contribution in [3.8, 4) is 0 Å². The Morgan fingerprint density at radius 2 is 1.31 bits per heavy atom. The maximum atomic E-state index is 6.05. The average molecular weight is 216 g/mol. The second-order valence-electron chi connectivity index (χ2n) is 5.20. The molecule has 4 heteroatoms. The van der Waals surface area contributed by atoms with E-state index in [1.54, 1.807) is 0 Å². The first-order chi connectivity index (χ1) is 7.45. The first-order valence-electron chi connectivity index (χ1n) is 5.54. The number of dihydropyridines is 2. The monoisotopic (exact) mass is 216 g/mol. The molecule has 0 saturated heterocycles. The molecule has 0 radical (unpaired) electrons.